The van der Waals surface area contributed by atoms with Gasteiger partial charge in [-0.2, -0.15) is 5.10 Å². The van der Waals surface area contributed by atoms with Crippen molar-refractivity contribution in [3.05, 3.63) is 75.8 Å². The van der Waals surface area contributed by atoms with Crippen LogP contribution in [0.2, 0.25) is 0 Å². The van der Waals surface area contributed by atoms with Crippen molar-refractivity contribution in [3.8, 4) is 22.8 Å². The van der Waals surface area contributed by atoms with Gasteiger partial charge in [0.1, 0.15) is 18.1 Å². The third-order valence-corrected chi connectivity index (χ3v) is 6.33. The smallest absolute Gasteiger partial charge is 0.134 e. The number of ether oxygens (including phenoxy) is 2. The monoisotopic (exact) mass is 542 g/mol. The van der Waals surface area contributed by atoms with Gasteiger partial charge in [-0.05, 0) is 69.5 Å². The molecule has 0 unspecified atom stereocenters. The first-order valence-electron chi connectivity index (χ1n) is 10.4. The Morgan fingerprint density at radius 3 is 2.61 bits per heavy atom. The zero-order chi connectivity index (χ0) is 21.6. The fraction of sp³-hybridized carbons (Fsp3) is 0.240. The Bertz CT molecular complexity index is 1170. The molecule has 0 amide bonds. The summed E-state index contributed by atoms with van der Waals surface area (Å²) >= 11 is 7.20. The molecule has 4 nitrogen and oxygen atoms in total. The molecule has 160 valence electrons. The zero-order valence-electron chi connectivity index (χ0n) is 17.4. The Morgan fingerprint density at radius 2 is 1.74 bits per heavy atom. The van der Waals surface area contributed by atoms with Crippen molar-refractivity contribution >= 4 is 42.6 Å². The number of hydrogen-bond donors (Lipinski definition) is 0. The first-order chi connectivity index (χ1) is 15.2. The molecule has 0 radical (unpaired) electrons. The van der Waals surface area contributed by atoms with Gasteiger partial charge in [0.2, 0.25) is 0 Å². The summed E-state index contributed by atoms with van der Waals surface area (Å²) in [4.78, 5) is 0. The van der Waals surface area contributed by atoms with Gasteiger partial charge in [-0.25, -0.2) is 0 Å². The van der Waals surface area contributed by atoms with Crippen LogP contribution in [0.4, 0.5) is 0 Å². The van der Waals surface area contributed by atoms with Crippen molar-refractivity contribution in [2.75, 3.05) is 13.2 Å². The van der Waals surface area contributed by atoms with Crippen LogP contribution in [-0.2, 0) is 6.54 Å². The molecule has 0 aliphatic heterocycles. The van der Waals surface area contributed by atoms with E-state index in [2.05, 4.69) is 63.0 Å². The van der Waals surface area contributed by atoms with Gasteiger partial charge in [0.15, 0.2) is 0 Å². The molecule has 4 rings (SSSR count). The average Bonchev–Trinajstić information content (AvgIpc) is 3.24. The molecule has 1 heterocycles. The van der Waals surface area contributed by atoms with Crippen molar-refractivity contribution < 1.29 is 9.47 Å². The Kier molecular flexibility index (Phi) is 7.30. The van der Waals surface area contributed by atoms with E-state index in [-0.39, 0.29) is 0 Å². The number of rotatable bonds is 9. The molecule has 0 saturated heterocycles. The largest absolute Gasteiger partial charge is 0.493 e. The maximum Gasteiger partial charge on any atom is 0.134 e. The Balaban J connectivity index is 1.41. The van der Waals surface area contributed by atoms with Crippen molar-refractivity contribution in [1.82, 2.24) is 9.78 Å². The Morgan fingerprint density at radius 1 is 0.903 bits per heavy atom. The summed E-state index contributed by atoms with van der Waals surface area (Å²) in [6.45, 7) is 4.06. The highest BCUT2D eigenvalue weighted by Crippen LogP contribution is 2.34. The number of benzene rings is 3. The summed E-state index contributed by atoms with van der Waals surface area (Å²) in [7, 11) is 0. The molecule has 0 saturated carbocycles. The second-order valence-corrected chi connectivity index (χ2v) is 8.96. The predicted octanol–water partition coefficient (Wildman–Crippen LogP) is 7.49. The number of halogens is 2. The van der Waals surface area contributed by atoms with Crippen LogP contribution in [0.15, 0.2) is 75.8 Å². The van der Waals surface area contributed by atoms with Gasteiger partial charge in [-0.15, -0.1) is 0 Å². The van der Waals surface area contributed by atoms with Crippen LogP contribution in [0, 0.1) is 0 Å². The second kappa shape index (κ2) is 10.3. The fourth-order valence-electron chi connectivity index (χ4n) is 3.36. The van der Waals surface area contributed by atoms with Gasteiger partial charge in [-0.1, -0.05) is 53.5 Å². The lowest BCUT2D eigenvalue weighted by Crippen LogP contribution is -2.09. The van der Waals surface area contributed by atoms with Gasteiger partial charge >= 0.3 is 0 Å². The first kappa shape index (κ1) is 21.9. The first-order valence-corrected chi connectivity index (χ1v) is 12.0. The highest BCUT2D eigenvalue weighted by Gasteiger charge is 2.10. The van der Waals surface area contributed by atoms with Crippen molar-refractivity contribution in [1.29, 1.82) is 0 Å². The van der Waals surface area contributed by atoms with Gasteiger partial charge in [-0.3, -0.25) is 4.68 Å². The van der Waals surface area contributed by atoms with E-state index < -0.39 is 0 Å². The van der Waals surface area contributed by atoms with Crippen LogP contribution in [0.1, 0.15) is 19.8 Å². The second-order valence-electron chi connectivity index (χ2n) is 7.25. The van der Waals surface area contributed by atoms with Gasteiger partial charge < -0.3 is 9.47 Å². The van der Waals surface area contributed by atoms with E-state index in [1.54, 1.807) is 0 Å². The van der Waals surface area contributed by atoms with E-state index in [9.17, 15) is 0 Å². The predicted molar refractivity (Wildman–Crippen MR) is 133 cm³/mol. The zero-order valence-corrected chi connectivity index (χ0v) is 20.5. The highest BCUT2D eigenvalue weighted by molar-refractivity contribution is 9.11. The minimum Gasteiger partial charge on any atom is -0.493 e. The van der Waals surface area contributed by atoms with E-state index in [0.29, 0.717) is 13.2 Å². The molecule has 0 atom stereocenters. The normalized spacial score (nSPS) is 11.1. The minimum absolute atomic E-state index is 0.524. The summed E-state index contributed by atoms with van der Waals surface area (Å²) in [6, 6.07) is 20.4. The lowest BCUT2D eigenvalue weighted by Gasteiger charge is -2.11. The van der Waals surface area contributed by atoms with Crippen LogP contribution in [0.3, 0.4) is 0 Å². The van der Waals surface area contributed by atoms with E-state index in [1.807, 2.05) is 47.3 Å². The summed E-state index contributed by atoms with van der Waals surface area (Å²) in [6.07, 6.45) is 4.14. The van der Waals surface area contributed by atoms with E-state index in [0.717, 1.165) is 61.9 Å². The number of fused-ring (bicyclic) bond motifs is 1. The number of nitrogens with zero attached hydrogens (tertiary/aromatic N) is 2. The van der Waals surface area contributed by atoms with E-state index in [4.69, 9.17) is 14.6 Å². The van der Waals surface area contributed by atoms with Crippen molar-refractivity contribution in [2.24, 2.45) is 0 Å². The summed E-state index contributed by atoms with van der Waals surface area (Å²) in [5.74, 6) is 1.71. The summed E-state index contributed by atoms with van der Waals surface area (Å²) < 4.78 is 15.9. The fourth-order valence-corrected chi connectivity index (χ4v) is 4.35. The summed E-state index contributed by atoms with van der Waals surface area (Å²) in [5.41, 5.74) is 1.92. The molecule has 1 aromatic heterocycles. The van der Waals surface area contributed by atoms with Crippen molar-refractivity contribution in [2.45, 2.75) is 26.3 Å². The topological polar surface area (TPSA) is 36.3 Å². The number of para-hydroxylation sites is 1. The molecule has 0 N–H and O–H groups in total. The van der Waals surface area contributed by atoms with Gasteiger partial charge in [0.05, 0.1) is 23.3 Å². The third-order valence-electron chi connectivity index (χ3n) is 5.02. The van der Waals surface area contributed by atoms with Gasteiger partial charge in [0, 0.05) is 16.2 Å². The number of hydrogen-bond acceptors (Lipinski definition) is 3. The third kappa shape index (κ3) is 5.31. The van der Waals surface area contributed by atoms with Crippen LogP contribution in [-0.4, -0.2) is 23.0 Å². The quantitative estimate of drug-likeness (QED) is 0.205. The molecule has 0 aliphatic carbocycles. The molecule has 6 heteroatoms. The number of unbranched alkanes of at least 4 members (excludes halogenated alkanes) is 1. The Hall–Kier alpha value is -2.31. The summed E-state index contributed by atoms with van der Waals surface area (Å²) in [5, 5.41) is 7.01. The van der Waals surface area contributed by atoms with Crippen LogP contribution >= 0.6 is 31.9 Å². The Labute approximate surface area is 199 Å². The molecule has 31 heavy (non-hydrogen) atoms. The van der Waals surface area contributed by atoms with E-state index in [1.165, 1.54) is 0 Å². The molecule has 0 aliphatic rings. The maximum absolute atomic E-state index is 6.04. The van der Waals surface area contributed by atoms with Crippen molar-refractivity contribution in [3.63, 3.8) is 0 Å². The molecular weight excluding hydrogens is 520 g/mol. The average molecular weight is 544 g/mol. The van der Waals surface area contributed by atoms with Crippen LogP contribution in [0.25, 0.3) is 22.0 Å². The number of aromatic nitrogens is 2. The molecular formula is C25H24Br2N2O2. The highest BCUT2D eigenvalue weighted by atomic mass is 79.9. The lowest BCUT2D eigenvalue weighted by molar-refractivity contribution is 0.290. The standard InChI is InChI=1S/C25H24Br2N2O2/c1-2-3-15-30-23-7-5-4-6-21(23)22-12-13-29(28-22)14-16-31-24-11-8-18-17-19(26)9-10-20(18)25(24)27/h4-13,17H,2-3,14-16H2,1H3. The molecule has 3 aromatic carbocycles. The van der Waals surface area contributed by atoms with Crippen LogP contribution < -0.4 is 9.47 Å². The minimum atomic E-state index is 0.524. The molecule has 4 aromatic rings. The van der Waals surface area contributed by atoms with Crippen LogP contribution in [0.5, 0.6) is 11.5 Å². The SMILES string of the molecule is CCCCOc1ccccc1-c1ccn(CCOc2ccc3cc(Br)ccc3c2Br)n1. The van der Waals surface area contributed by atoms with Gasteiger partial charge in [0.25, 0.3) is 0 Å². The maximum atomic E-state index is 6.04. The molecule has 0 fully saturated rings. The molecule has 0 spiro atoms. The van der Waals surface area contributed by atoms with E-state index >= 15 is 0 Å². The lowest BCUT2D eigenvalue weighted by atomic mass is 10.1. The molecule has 0 bridgehead atoms.